The fraction of sp³-hybridized carbons (Fsp3) is 0.727. The molecule has 0 aliphatic carbocycles. The van der Waals surface area contributed by atoms with E-state index in [1.165, 1.54) is 0 Å². The second-order valence-corrected chi connectivity index (χ2v) is 4.38. The van der Waals surface area contributed by atoms with Crippen LogP contribution in [0.5, 0.6) is 0 Å². The molecule has 0 N–H and O–H groups in total. The Bertz CT molecular complexity index is 348. The van der Waals surface area contributed by atoms with Gasteiger partial charge < -0.3 is 0 Å². The largest absolute Gasteiger partial charge is 0.329 e. The van der Waals surface area contributed by atoms with Gasteiger partial charge in [-0.05, 0) is 41.5 Å². The van der Waals surface area contributed by atoms with Crippen LogP contribution >= 0.6 is 0 Å². The van der Waals surface area contributed by atoms with Crippen molar-refractivity contribution in [2.75, 3.05) is 0 Å². The predicted molar refractivity (Wildman–Crippen MR) is 58.9 cm³/mol. The van der Waals surface area contributed by atoms with Crippen molar-refractivity contribution in [3.8, 4) is 0 Å². The smallest absolute Gasteiger partial charge is 0.294 e. The van der Waals surface area contributed by atoms with E-state index >= 15 is 0 Å². The Morgan fingerprint density at radius 1 is 0.857 bits per heavy atom. The molecule has 14 heavy (non-hydrogen) atoms. The zero-order valence-electron chi connectivity index (χ0n) is 9.96. The molecule has 3 nitrogen and oxygen atoms in total. The molecule has 0 saturated heterocycles. The average Bonchev–Trinajstić information content (AvgIpc) is 2.23. The summed E-state index contributed by atoms with van der Waals surface area (Å²) in [6.45, 7) is 12.2. The van der Waals surface area contributed by atoms with Crippen LogP contribution in [0, 0.1) is 13.8 Å². The molecule has 80 valence electrons. The van der Waals surface area contributed by atoms with Crippen LogP contribution < -0.4 is 5.69 Å². The third kappa shape index (κ3) is 1.51. The molecular weight excluding hydrogens is 176 g/mol. The van der Waals surface area contributed by atoms with Gasteiger partial charge in [-0.2, -0.15) is 0 Å². The van der Waals surface area contributed by atoms with Crippen LogP contribution in [0.15, 0.2) is 4.79 Å². The van der Waals surface area contributed by atoms with Crippen molar-refractivity contribution in [1.29, 1.82) is 0 Å². The molecule has 1 rings (SSSR count). The van der Waals surface area contributed by atoms with Crippen LogP contribution in [-0.4, -0.2) is 9.13 Å². The lowest BCUT2D eigenvalue weighted by molar-refractivity contribution is 0.514. The van der Waals surface area contributed by atoms with Gasteiger partial charge in [-0.25, -0.2) is 4.79 Å². The molecule has 3 heteroatoms. The molecule has 1 heterocycles. The van der Waals surface area contributed by atoms with Gasteiger partial charge in [0.25, 0.3) is 0 Å². The van der Waals surface area contributed by atoms with E-state index in [0.717, 1.165) is 11.4 Å². The van der Waals surface area contributed by atoms with Crippen LogP contribution in [0.3, 0.4) is 0 Å². The van der Waals surface area contributed by atoms with Crippen molar-refractivity contribution in [2.24, 2.45) is 0 Å². The third-order valence-electron chi connectivity index (χ3n) is 2.69. The number of hydrogen-bond acceptors (Lipinski definition) is 1. The Kier molecular flexibility index (Phi) is 2.88. The van der Waals surface area contributed by atoms with Gasteiger partial charge in [-0.15, -0.1) is 0 Å². The van der Waals surface area contributed by atoms with E-state index in [4.69, 9.17) is 0 Å². The monoisotopic (exact) mass is 196 g/mol. The van der Waals surface area contributed by atoms with Crippen LogP contribution in [-0.2, 0) is 0 Å². The van der Waals surface area contributed by atoms with E-state index in [1.54, 1.807) is 0 Å². The van der Waals surface area contributed by atoms with Crippen molar-refractivity contribution in [2.45, 2.75) is 53.6 Å². The summed E-state index contributed by atoms with van der Waals surface area (Å²) in [6.07, 6.45) is 0. The number of rotatable bonds is 2. The normalized spacial score (nSPS) is 11.7. The molecule has 0 unspecified atom stereocenters. The zero-order valence-corrected chi connectivity index (χ0v) is 9.96. The molecule has 1 aromatic heterocycles. The Labute approximate surface area is 85.4 Å². The van der Waals surface area contributed by atoms with Gasteiger partial charge in [0.1, 0.15) is 0 Å². The Morgan fingerprint density at radius 3 is 1.29 bits per heavy atom. The van der Waals surface area contributed by atoms with Crippen LogP contribution in [0.4, 0.5) is 0 Å². The first-order valence-electron chi connectivity index (χ1n) is 5.17. The summed E-state index contributed by atoms with van der Waals surface area (Å²) in [4.78, 5) is 12.0. The number of imidazole rings is 1. The highest BCUT2D eigenvalue weighted by Gasteiger charge is 2.16. The lowest BCUT2D eigenvalue weighted by atomic mass is 10.3. The SMILES string of the molecule is Cc1c(C)n(C(C)C)c(=O)n1C(C)C. The van der Waals surface area contributed by atoms with Crippen molar-refractivity contribution in [3.63, 3.8) is 0 Å². The van der Waals surface area contributed by atoms with E-state index < -0.39 is 0 Å². The van der Waals surface area contributed by atoms with Crippen LogP contribution in [0.25, 0.3) is 0 Å². The lowest BCUT2D eigenvalue weighted by Gasteiger charge is -2.08. The molecule has 0 atom stereocenters. The minimum atomic E-state index is 0.116. The minimum absolute atomic E-state index is 0.116. The van der Waals surface area contributed by atoms with E-state index in [-0.39, 0.29) is 17.8 Å². The molecule has 0 radical (unpaired) electrons. The van der Waals surface area contributed by atoms with E-state index in [9.17, 15) is 4.79 Å². The van der Waals surface area contributed by atoms with Crippen molar-refractivity contribution in [3.05, 3.63) is 21.9 Å². The molecule has 0 amide bonds. The van der Waals surface area contributed by atoms with Gasteiger partial charge in [-0.3, -0.25) is 9.13 Å². The third-order valence-corrected chi connectivity index (χ3v) is 2.69. The molecule has 0 saturated carbocycles. The fourth-order valence-electron chi connectivity index (χ4n) is 1.97. The molecule has 0 bridgehead atoms. The highest BCUT2D eigenvalue weighted by atomic mass is 16.1. The Hall–Kier alpha value is -0.990. The van der Waals surface area contributed by atoms with Gasteiger partial charge in [-0.1, -0.05) is 0 Å². The molecule has 0 aromatic carbocycles. The maximum atomic E-state index is 12.0. The summed E-state index contributed by atoms with van der Waals surface area (Å²) < 4.78 is 3.71. The van der Waals surface area contributed by atoms with Crippen LogP contribution in [0.1, 0.15) is 51.2 Å². The highest BCUT2D eigenvalue weighted by molar-refractivity contribution is 5.13. The maximum absolute atomic E-state index is 12.0. The van der Waals surface area contributed by atoms with Gasteiger partial charge >= 0.3 is 5.69 Å². The van der Waals surface area contributed by atoms with Crippen LogP contribution in [0.2, 0.25) is 0 Å². The first-order valence-corrected chi connectivity index (χ1v) is 5.17. The summed E-state index contributed by atoms with van der Waals surface area (Å²) in [5.41, 5.74) is 2.28. The fourth-order valence-corrected chi connectivity index (χ4v) is 1.97. The number of nitrogens with zero attached hydrogens (tertiary/aromatic N) is 2. The quantitative estimate of drug-likeness (QED) is 0.713. The number of aromatic nitrogens is 2. The summed E-state index contributed by atoms with van der Waals surface area (Å²) in [7, 11) is 0. The molecule has 0 spiro atoms. The Morgan fingerprint density at radius 2 is 1.14 bits per heavy atom. The lowest BCUT2D eigenvalue weighted by Crippen LogP contribution is -2.27. The van der Waals surface area contributed by atoms with Gasteiger partial charge in [0, 0.05) is 23.5 Å². The summed E-state index contributed by atoms with van der Waals surface area (Å²) in [5.74, 6) is 0. The zero-order chi connectivity index (χ0) is 11.0. The molecule has 1 aromatic rings. The first-order chi connectivity index (χ1) is 6.37. The number of hydrogen-bond donors (Lipinski definition) is 0. The highest BCUT2D eigenvalue weighted by Crippen LogP contribution is 2.14. The van der Waals surface area contributed by atoms with Gasteiger partial charge in [0.15, 0.2) is 0 Å². The standard InChI is InChI=1S/C11H20N2O/c1-7(2)12-9(5)10(6)13(8(3)4)11(12)14/h7-8H,1-6H3. The molecule has 0 aliphatic heterocycles. The van der Waals surface area contributed by atoms with E-state index in [0.29, 0.717) is 0 Å². The molecule has 0 fully saturated rings. The summed E-state index contributed by atoms with van der Waals surface area (Å²) in [5, 5.41) is 0. The van der Waals surface area contributed by atoms with Gasteiger partial charge in [0.05, 0.1) is 0 Å². The maximum Gasteiger partial charge on any atom is 0.329 e. The average molecular weight is 196 g/mol. The molecule has 0 aliphatic rings. The summed E-state index contributed by atoms with van der Waals surface area (Å²) in [6, 6.07) is 0.474. The second-order valence-electron chi connectivity index (χ2n) is 4.38. The topological polar surface area (TPSA) is 26.9 Å². The summed E-state index contributed by atoms with van der Waals surface area (Å²) >= 11 is 0. The first kappa shape index (κ1) is 11.1. The minimum Gasteiger partial charge on any atom is -0.294 e. The van der Waals surface area contributed by atoms with Gasteiger partial charge in [0.2, 0.25) is 0 Å². The Balaban J connectivity index is 3.50. The van der Waals surface area contributed by atoms with E-state index in [2.05, 4.69) is 0 Å². The van der Waals surface area contributed by atoms with Crippen molar-refractivity contribution < 1.29 is 0 Å². The second kappa shape index (κ2) is 3.64. The predicted octanol–water partition coefficient (Wildman–Crippen LogP) is 2.43. The van der Waals surface area contributed by atoms with Crippen molar-refractivity contribution >= 4 is 0 Å². The van der Waals surface area contributed by atoms with Crippen molar-refractivity contribution in [1.82, 2.24) is 9.13 Å². The molecular formula is C11H20N2O. The van der Waals surface area contributed by atoms with E-state index in [1.807, 2.05) is 50.7 Å².